The first-order valence-corrected chi connectivity index (χ1v) is 13.7. The number of carboxylic acids is 1. The van der Waals surface area contributed by atoms with Crippen LogP contribution in [-0.4, -0.2) is 148 Å². The number of hydrogen-bond donors (Lipinski definition) is 1. The molecular weight excluding hydrogens is 552 g/mol. The maximum Gasteiger partial charge on any atom is 0.372 e. The molecule has 0 amide bonds. The van der Waals surface area contributed by atoms with Crippen LogP contribution in [0.25, 0.3) is 0 Å². The molecule has 0 aliphatic rings. The maximum absolute atomic E-state index is 11.3. The van der Waals surface area contributed by atoms with E-state index in [9.17, 15) is 19.2 Å². The molecule has 0 fully saturated rings. The Morgan fingerprint density at radius 3 is 1.07 bits per heavy atom. The first-order chi connectivity index (χ1) is 20.0. The lowest BCUT2D eigenvalue weighted by Gasteiger charge is -2.09. The number of ether oxygens (including phenoxy) is 10. The zero-order valence-corrected chi connectivity index (χ0v) is 24.0. The molecule has 0 unspecified atom stereocenters. The third-order valence-electron chi connectivity index (χ3n) is 4.65. The summed E-state index contributed by atoms with van der Waals surface area (Å²) < 4.78 is 52.4. The molecular formula is C26H46O15. The minimum atomic E-state index is -1.57. The van der Waals surface area contributed by atoms with Gasteiger partial charge in [0.1, 0.15) is 6.61 Å². The van der Waals surface area contributed by atoms with Gasteiger partial charge in [0.2, 0.25) is 5.78 Å². The Morgan fingerprint density at radius 2 is 0.732 bits per heavy atom. The van der Waals surface area contributed by atoms with E-state index < -0.39 is 17.7 Å². The van der Waals surface area contributed by atoms with Gasteiger partial charge >= 0.3 is 17.9 Å². The van der Waals surface area contributed by atoms with Gasteiger partial charge in [-0.05, 0) is 6.92 Å². The van der Waals surface area contributed by atoms with Gasteiger partial charge in [-0.2, -0.15) is 0 Å². The molecule has 0 rings (SSSR count). The average molecular weight is 599 g/mol. The molecule has 0 atom stereocenters. The van der Waals surface area contributed by atoms with E-state index in [0.29, 0.717) is 106 Å². The van der Waals surface area contributed by atoms with E-state index in [2.05, 4.69) is 0 Å². The van der Waals surface area contributed by atoms with E-state index in [4.69, 9.17) is 52.5 Å². The number of ketones is 1. The normalized spacial score (nSPS) is 11.0. The zero-order valence-electron chi connectivity index (χ0n) is 24.0. The zero-order chi connectivity index (χ0) is 30.2. The topological polar surface area (TPSA) is 181 Å². The van der Waals surface area contributed by atoms with Crippen LogP contribution in [0.4, 0.5) is 0 Å². The molecule has 0 radical (unpaired) electrons. The van der Waals surface area contributed by atoms with Crippen molar-refractivity contribution in [1.29, 1.82) is 0 Å². The fourth-order valence-electron chi connectivity index (χ4n) is 2.64. The second kappa shape index (κ2) is 30.7. The number of hydrogen-bond acceptors (Lipinski definition) is 14. The highest BCUT2D eigenvalue weighted by molar-refractivity contribution is 6.32. The van der Waals surface area contributed by atoms with Gasteiger partial charge in [0, 0.05) is 6.42 Å². The third-order valence-corrected chi connectivity index (χ3v) is 4.65. The van der Waals surface area contributed by atoms with Gasteiger partial charge in [-0.25, -0.2) is 4.79 Å². The van der Waals surface area contributed by atoms with Crippen LogP contribution in [0.1, 0.15) is 26.2 Å². The largest absolute Gasteiger partial charge is 0.476 e. The van der Waals surface area contributed by atoms with Crippen LogP contribution < -0.4 is 0 Å². The molecule has 240 valence electrons. The van der Waals surface area contributed by atoms with E-state index in [0.717, 1.165) is 0 Å². The lowest BCUT2D eigenvalue weighted by Crippen LogP contribution is -2.17. The number of carboxylic acid groups (broad SMARTS) is 1. The molecule has 0 saturated heterocycles. The van der Waals surface area contributed by atoms with E-state index in [-0.39, 0.29) is 38.4 Å². The monoisotopic (exact) mass is 598 g/mol. The van der Waals surface area contributed by atoms with Gasteiger partial charge in [-0.15, -0.1) is 0 Å². The van der Waals surface area contributed by atoms with Crippen molar-refractivity contribution in [2.45, 2.75) is 26.2 Å². The Balaban J connectivity index is 3.15. The number of rotatable bonds is 32. The van der Waals surface area contributed by atoms with Gasteiger partial charge in [-0.1, -0.05) is 0 Å². The van der Waals surface area contributed by atoms with Crippen LogP contribution in [0.5, 0.6) is 0 Å². The van der Waals surface area contributed by atoms with Gasteiger partial charge in [0.25, 0.3) is 0 Å². The number of esters is 2. The SMILES string of the molecule is CCOC(=O)CCOCCOCCOCCOCCOCCOCCOCCOCCOC(=O)CCC(=O)C(=O)O. The molecule has 0 aromatic heterocycles. The Morgan fingerprint density at radius 1 is 0.415 bits per heavy atom. The summed E-state index contributed by atoms with van der Waals surface area (Å²) in [6.07, 6.45) is -0.422. The molecule has 15 nitrogen and oxygen atoms in total. The van der Waals surface area contributed by atoms with E-state index in [1.165, 1.54) is 0 Å². The molecule has 0 spiro atoms. The molecule has 0 heterocycles. The molecule has 0 aliphatic heterocycles. The molecule has 1 N–H and O–H groups in total. The van der Waals surface area contributed by atoms with Crippen molar-refractivity contribution in [1.82, 2.24) is 0 Å². The van der Waals surface area contributed by atoms with Crippen molar-refractivity contribution in [2.75, 3.05) is 119 Å². The van der Waals surface area contributed by atoms with Crippen molar-refractivity contribution in [3.8, 4) is 0 Å². The van der Waals surface area contributed by atoms with E-state index >= 15 is 0 Å². The second-order valence-electron chi connectivity index (χ2n) is 7.90. The highest BCUT2D eigenvalue weighted by Crippen LogP contribution is 1.95. The Kier molecular flexibility index (Phi) is 29.0. The average Bonchev–Trinajstić information content (AvgIpc) is 2.95. The second-order valence-corrected chi connectivity index (χ2v) is 7.90. The first-order valence-electron chi connectivity index (χ1n) is 13.7. The van der Waals surface area contributed by atoms with Crippen LogP contribution in [0.3, 0.4) is 0 Å². The number of aliphatic carboxylic acids is 1. The lowest BCUT2D eigenvalue weighted by molar-refractivity contribution is -0.151. The number of carbonyl (C=O) groups is 4. The summed E-state index contributed by atoms with van der Waals surface area (Å²) >= 11 is 0. The minimum absolute atomic E-state index is 0.0114. The summed E-state index contributed by atoms with van der Waals surface area (Å²) in [7, 11) is 0. The van der Waals surface area contributed by atoms with Crippen LogP contribution in [0, 0.1) is 0 Å². The smallest absolute Gasteiger partial charge is 0.372 e. The molecule has 41 heavy (non-hydrogen) atoms. The molecule has 0 aromatic rings. The predicted molar refractivity (Wildman–Crippen MR) is 141 cm³/mol. The summed E-state index contributed by atoms with van der Waals surface area (Å²) in [5.41, 5.74) is 0. The molecule has 0 saturated carbocycles. The van der Waals surface area contributed by atoms with Crippen molar-refractivity contribution >= 4 is 23.7 Å². The molecule has 0 bridgehead atoms. The summed E-state index contributed by atoms with van der Waals surface area (Å²) in [5.74, 6) is -3.51. The fourth-order valence-corrected chi connectivity index (χ4v) is 2.64. The fraction of sp³-hybridized carbons (Fsp3) is 0.846. The van der Waals surface area contributed by atoms with E-state index in [1.807, 2.05) is 0 Å². The van der Waals surface area contributed by atoms with Crippen molar-refractivity contribution in [3.63, 3.8) is 0 Å². The van der Waals surface area contributed by atoms with Crippen LogP contribution in [-0.2, 0) is 66.5 Å². The van der Waals surface area contributed by atoms with Gasteiger partial charge in [-0.3, -0.25) is 14.4 Å². The van der Waals surface area contributed by atoms with Crippen molar-refractivity contribution in [2.24, 2.45) is 0 Å². The van der Waals surface area contributed by atoms with Crippen LogP contribution in [0.2, 0.25) is 0 Å². The summed E-state index contributed by atoms with van der Waals surface area (Å²) in [6.45, 7) is 8.55. The number of carbonyl (C=O) groups excluding carboxylic acids is 3. The summed E-state index contributed by atoms with van der Waals surface area (Å²) in [5, 5.41) is 8.42. The molecule has 0 aliphatic carbocycles. The Labute approximate surface area is 240 Å². The third kappa shape index (κ3) is 30.5. The quantitative estimate of drug-likeness (QED) is 0.0623. The van der Waals surface area contributed by atoms with Crippen molar-refractivity contribution in [3.05, 3.63) is 0 Å². The molecule has 15 heteroatoms. The first kappa shape index (κ1) is 38.8. The highest BCUT2D eigenvalue weighted by atomic mass is 16.6. The van der Waals surface area contributed by atoms with Crippen molar-refractivity contribution < 1.29 is 71.7 Å². The Bertz CT molecular complexity index is 659. The highest BCUT2D eigenvalue weighted by Gasteiger charge is 2.14. The van der Waals surface area contributed by atoms with Crippen LogP contribution in [0.15, 0.2) is 0 Å². The Hall–Kier alpha value is -2.24. The van der Waals surface area contributed by atoms with Gasteiger partial charge in [0.15, 0.2) is 0 Å². The lowest BCUT2D eigenvalue weighted by atomic mass is 10.2. The van der Waals surface area contributed by atoms with Gasteiger partial charge < -0.3 is 52.5 Å². The summed E-state index contributed by atoms with van der Waals surface area (Å²) in [4.78, 5) is 43.7. The van der Waals surface area contributed by atoms with Gasteiger partial charge in [0.05, 0.1) is 125 Å². The maximum atomic E-state index is 11.3. The van der Waals surface area contributed by atoms with E-state index in [1.54, 1.807) is 6.92 Å². The standard InChI is InChI=1S/C26H46O15/c1-2-40-25(29)5-6-32-7-8-33-9-10-34-11-12-35-13-14-36-15-16-37-17-18-38-19-20-39-21-22-41-24(28)4-3-23(27)26(30)31/h2-22H2,1H3,(H,30,31). The minimum Gasteiger partial charge on any atom is -0.476 e. The number of Topliss-reactive ketones (excluding diaryl/α,β-unsaturated/α-hetero) is 1. The predicted octanol–water partition coefficient (Wildman–Crippen LogP) is 0.0495. The molecule has 0 aromatic carbocycles. The van der Waals surface area contributed by atoms with Crippen LogP contribution >= 0.6 is 0 Å². The summed E-state index contributed by atoms with van der Waals surface area (Å²) in [6, 6.07) is 0.